The number of hydrogen-bond donors (Lipinski definition) is 0. The SMILES string of the molecule is CC(=O)N1CC[C@H](c2nnc(-c3ccc(C)cc3)o2)C1. The Morgan fingerprint density at radius 1 is 1.30 bits per heavy atom. The van der Waals surface area contributed by atoms with Crippen LogP contribution in [-0.4, -0.2) is 34.1 Å². The van der Waals surface area contributed by atoms with Gasteiger partial charge in [0.1, 0.15) is 0 Å². The Balaban J connectivity index is 1.77. The second-order valence-electron chi connectivity index (χ2n) is 5.26. The number of aromatic nitrogens is 2. The largest absolute Gasteiger partial charge is 0.420 e. The van der Waals surface area contributed by atoms with Gasteiger partial charge in [0.15, 0.2) is 0 Å². The van der Waals surface area contributed by atoms with Gasteiger partial charge in [0.2, 0.25) is 17.7 Å². The molecule has 1 aromatic carbocycles. The highest BCUT2D eigenvalue weighted by molar-refractivity contribution is 5.73. The van der Waals surface area contributed by atoms with E-state index in [4.69, 9.17) is 4.42 Å². The lowest BCUT2D eigenvalue weighted by Gasteiger charge is -2.11. The molecule has 1 aromatic heterocycles. The first-order valence-electron chi connectivity index (χ1n) is 6.79. The molecule has 2 heterocycles. The lowest BCUT2D eigenvalue weighted by molar-refractivity contribution is -0.127. The topological polar surface area (TPSA) is 59.2 Å². The van der Waals surface area contributed by atoms with Crippen LogP contribution in [0, 0.1) is 6.92 Å². The van der Waals surface area contributed by atoms with Gasteiger partial charge in [-0.3, -0.25) is 4.79 Å². The van der Waals surface area contributed by atoms with Gasteiger partial charge in [0.05, 0.1) is 5.92 Å². The molecule has 1 aliphatic rings. The minimum atomic E-state index is 0.103. The fourth-order valence-electron chi connectivity index (χ4n) is 2.46. The van der Waals surface area contributed by atoms with E-state index in [0.717, 1.165) is 18.5 Å². The van der Waals surface area contributed by atoms with Crippen molar-refractivity contribution in [2.45, 2.75) is 26.2 Å². The molecule has 1 amide bonds. The van der Waals surface area contributed by atoms with Gasteiger partial charge < -0.3 is 9.32 Å². The van der Waals surface area contributed by atoms with E-state index >= 15 is 0 Å². The summed E-state index contributed by atoms with van der Waals surface area (Å²) in [6, 6.07) is 7.99. The normalized spacial score (nSPS) is 18.5. The zero-order valence-corrected chi connectivity index (χ0v) is 11.7. The molecule has 0 saturated carbocycles. The lowest BCUT2D eigenvalue weighted by atomic mass is 10.1. The van der Waals surface area contributed by atoms with E-state index in [1.165, 1.54) is 5.56 Å². The van der Waals surface area contributed by atoms with Gasteiger partial charge in [-0.25, -0.2) is 0 Å². The summed E-state index contributed by atoms with van der Waals surface area (Å²) in [5.41, 5.74) is 2.12. The van der Waals surface area contributed by atoms with Crippen LogP contribution in [0.4, 0.5) is 0 Å². The maximum atomic E-state index is 11.3. The summed E-state index contributed by atoms with van der Waals surface area (Å²) in [6.07, 6.45) is 0.884. The third kappa shape index (κ3) is 2.43. The molecule has 1 saturated heterocycles. The van der Waals surface area contributed by atoms with Crippen LogP contribution in [-0.2, 0) is 4.79 Å². The van der Waals surface area contributed by atoms with Crippen molar-refractivity contribution in [3.05, 3.63) is 35.7 Å². The molecule has 20 heavy (non-hydrogen) atoms. The number of carbonyl (C=O) groups excluding carboxylic acids is 1. The first kappa shape index (κ1) is 12.8. The number of benzene rings is 1. The summed E-state index contributed by atoms with van der Waals surface area (Å²) in [4.78, 5) is 13.2. The van der Waals surface area contributed by atoms with Crippen LogP contribution in [0.25, 0.3) is 11.5 Å². The fourth-order valence-corrected chi connectivity index (χ4v) is 2.46. The Hall–Kier alpha value is -2.17. The van der Waals surface area contributed by atoms with E-state index in [-0.39, 0.29) is 11.8 Å². The number of nitrogens with zero attached hydrogens (tertiary/aromatic N) is 3. The van der Waals surface area contributed by atoms with E-state index in [2.05, 4.69) is 10.2 Å². The summed E-state index contributed by atoms with van der Waals surface area (Å²) in [6.45, 7) is 5.07. The molecular weight excluding hydrogens is 254 g/mol. The molecule has 0 N–H and O–H groups in total. The van der Waals surface area contributed by atoms with Crippen LogP contribution in [0.5, 0.6) is 0 Å². The van der Waals surface area contributed by atoms with Crippen LogP contribution in [0.1, 0.15) is 30.7 Å². The molecule has 0 unspecified atom stereocenters. The summed E-state index contributed by atoms with van der Waals surface area (Å²) >= 11 is 0. The fraction of sp³-hybridized carbons (Fsp3) is 0.400. The predicted octanol–water partition coefficient (Wildman–Crippen LogP) is 2.38. The zero-order chi connectivity index (χ0) is 14.1. The monoisotopic (exact) mass is 271 g/mol. The first-order chi connectivity index (χ1) is 9.63. The minimum absolute atomic E-state index is 0.103. The van der Waals surface area contributed by atoms with Crippen molar-refractivity contribution < 1.29 is 9.21 Å². The average Bonchev–Trinajstić information content (AvgIpc) is 3.08. The maximum Gasteiger partial charge on any atom is 0.247 e. The highest BCUT2D eigenvalue weighted by atomic mass is 16.4. The number of carbonyl (C=O) groups is 1. The minimum Gasteiger partial charge on any atom is -0.420 e. The first-order valence-corrected chi connectivity index (χ1v) is 6.79. The molecule has 5 nitrogen and oxygen atoms in total. The number of aryl methyl sites for hydroxylation is 1. The van der Waals surface area contributed by atoms with Crippen LogP contribution in [0.3, 0.4) is 0 Å². The molecule has 2 aromatic rings. The van der Waals surface area contributed by atoms with Crippen LogP contribution >= 0.6 is 0 Å². The van der Waals surface area contributed by atoms with E-state index in [0.29, 0.717) is 18.3 Å². The van der Waals surface area contributed by atoms with E-state index < -0.39 is 0 Å². The van der Waals surface area contributed by atoms with Gasteiger partial charge in [-0.15, -0.1) is 10.2 Å². The molecule has 0 bridgehead atoms. The average molecular weight is 271 g/mol. The van der Waals surface area contributed by atoms with Crippen molar-refractivity contribution in [2.75, 3.05) is 13.1 Å². The van der Waals surface area contributed by atoms with Crippen molar-refractivity contribution in [1.29, 1.82) is 0 Å². The van der Waals surface area contributed by atoms with E-state index in [1.54, 1.807) is 6.92 Å². The number of amides is 1. The molecule has 104 valence electrons. The molecule has 1 fully saturated rings. The highest BCUT2D eigenvalue weighted by Gasteiger charge is 2.29. The molecule has 1 aliphatic heterocycles. The van der Waals surface area contributed by atoms with Gasteiger partial charge in [-0.1, -0.05) is 17.7 Å². The Labute approximate surface area is 117 Å². The number of hydrogen-bond acceptors (Lipinski definition) is 4. The Morgan fingerprint density at radius 2 is 2.05 bits per heavy atom. The summed E-state index contributed by atoms with van der Waals surface area (Å²) in [7, 11) is 0. The summed E-state index contributed by atoms with van der Waals surface area (Å²) in [5, 5.41) is 8.25. The van der Waals surface area contributed by atoms with Crippen molar-refractivity contribution >= 4 is 5.91 Å². The molecule has 5 heteroatoms. The Bertz CT molecular complexity index is 618. The second-order valence-corrected chi connectivity index (χ2v) is 5.26. The summed E-state index contributed by atoms with van der Waals surface area (Å²) in [5.74, 6) is 1.43. The molecular formula is C15H17N3O2. The smallest absolute Gasteiger partial charge is 0.247 e. The number of rotatable bonds is 2. The quantitative estimate of drug-likeness (QED) is 0.841. The van der Waals surface area contributed by atoms with Crippen molar-refractivity contribution in [3.63, 3.8) is 0 Å². The van der Waals surface area contributed by atoms with E-state index in [9.17, 15) is 4.79 Å². The van der Waals surface area contributed by atoms with E-state index in [1.807, 2.05) is 36.1 Å². The van der Waals surface area contributed by atoms with Gasteiger partial charge in [0.25, 0.3) is 0 Å². The third-order valence-electron chi connectivity index (χ3n) is 3.72. The third-order valence-corrected chi connectivity index (χ3v) is 3.72. The van der Waals surface area contributed by atoms with Gasteiger partial charge in [-0.05, 0) is 25.5 Å². The number of likely N-dealkylation sites (tertiary alicyclic amines) is 1. The Kier molecular flexibility index (Phi) is 3.26. The van der Waals surface area contributed by atoms with Crippen molar-refractivity contribution in [3.8, 4) is 11.5 Å². The standard InChI is InChI=1S/C15H17N3O2/c1-10-3-5-12(6-4-10)14-16-17-15(20-14)13-7-8-18(9-13)11(2)19/h3-6,13H,7-9H2,1-2H3/t13-/m0/s1. The van der Waals surface area contributed by atoms with Gasteiger partial charge in [0, 0.05) is 25.6 Å². The van der Waals surface area contributed by atoms with Gasteiger partial charge >= 0.3 is 0 Å². The van der Waals surface area contributed by atoms with Crippen molar-refractivity contribution in [2.24, 2.45) is 0 Å². The highest BCUT2D eigenvalue weighted by Crippen LogP contribution is 2.28. The predicted molar refractivity (Wildman–Crippen MR) is 74.1 cm³/mol. The van der Waals surface area contributed by atoms with Crippen molar-refractivity contribution in [1.82, 2.24) is 15.1 Å². The molecule has 0 radical (unpaired) electrons. The van der Waals surface area contributed by atoms with Crippen LogP contribution < -0.4 is 0 Å². The molecule has 0 spiro atoms. The zero-order valence-electron chi connectivity index (χ0n) is 11.7. The lowest BCUT2D eigenvalue weighted by Crippen LogP contribution is -2.25. The van der Waals surface area contributed by atoms with Gasteiger partial charge in [-0.2, -0.15) is 0 Å². The molecule has 3 rings (SSSR count). The Morgan fingerprint density at radius 3 is 2.70 bits per heavy atom. The van der Waals surface area contributed by atoms with Crippen LogP contribution in [0.15, 0.2) is 28.7 Å². The van der Waals surface area contributed by atoms with Crippen LogP contribution in [0.2, 0.25) is 0 Å². The molecule has 0 aliphatic carbocycles. The maximum absolute atomic E-state index is 11.3. The second kappa shape index (κ2) is 5.07. The molecule has 1 atom stereocenters. The summed E-state index contributed by atoms with van der Waals surface area (Å²) < 4.78 is 5.76.